The third-order valence-corrected chi connectivity index (χ3v) is 2.75. The lowest BCUT2D eigenvalue weighted by Gasteiger charge is -2.01. The van der Waals surface area contributed by atoms with Gasteiger partial charge in [-0.25, -0.2) is 0 Å². The van der Waals surface area contributed by atoms with Crippen molar-refractivity contribution in [3.05, 3.63) is 45.4 Å². The third kappa shape index (κ3) is 2.81. The first kappa shape index (κ1) is 11.2. The van der Waals surface area contributed by atoms with Gasteiger partial charge in [0, 0.05) is 10.0 Å². The second-order valence-corrected chi connectivity index (χ2v) is 4.40. The Morgan fingerprint density at radius 2 is 2.00 bits per heavy atom. The molecule has 0 fully saturated rings. The highest BCUT2D eigenvalue weighted by molar-refractivity contribution is 9.10. The number of aryl methyl sites for hydroxylation is 1. The van der Waals surface area contributed by atoms with E-state index in [1.54, 1.807) is 6.08 Å². The Balaban J connectivity index is 3.03. The molecule has 0 aliphatic rings. The van der Waals surface area contributed by atoms with Crippen molar-refractivity contribution in [3.63, 3.8) is 0 Å². The molecule has 0 spiro atoms. The van der Waals surface area contributed by atoms with Crippen LogP contribution in [0.1, 0.15) is 29.8 Å². The van der Waals surface area contributed by atoms with Crippen molar-refractivity contribution in [2.45, 2.75) is 20.8 Å². The smallest absolute Gasteiger partial charge is 0.185 e. The molecule has 0 N–H and O–H groups in total. The minimum absolute atomic E-state index is 0.0700. The average molecular weight is 253 g/mol. The molecule has 0 unspecified atom stereocenters. The van der Waals surface area contributed by atoms with E-state index in [1.807, 2.05) is 39.0 Å². The van der Waals surface area contributed by atoms with E-state index in [-0.39, 0.29) is 5.78 Å². The summed E-state index contributed by atoms with van der Waals surface area (Å²) in [4.78, 5) is 11.6. The molecule has 0 aliphatic carbocycles. The minimum atomic E-state index is 0.0700. The van der Waals surface area contributed by atoms with Crippen LogP contribution in [0.3, 0.4) is 0 Å². The number of hydrogen-bond donors (Lipinski definition) is 0. The van der Waals surface area contributed by atoms with E-state index < -0.39 is 0 Å². The maximum absolute atomic E-state index is 11.6. The van der Waals surface area contributed by atoms with Gasteiger partial charge in [-0.3, -0.25) is 4.79 Å². The van der Waals surface area contributed by atoms with E-state index in [1.165, 1.54) is 0 Å². The molecular formula is C12H13BrO. The van der Waals surface area contributed by atoms with Crippen LogP contribution in [-0.4, -0.2) is 5.78 Å². The van der Waals surface area contributed by atoms with E-state index in [2.05, 4.69) is 15.9 Å². The molecule has 0 saturated heterocycles. The second-order valence-electron chi connectivity index (χ2n) is 3.55. The van der Waals surface area contributed by atoms with Crippen molar-refractivity contribution in [2.24, 2.45) is 0 Å². The number of hydrogen-bond acceptors (Lipinski definition) is 1. The van der Waals surface area contributed by atoms with Gasteiger partial charge >= 0.3 is 0 Å². The van der Waals surface area contributed by atoms with Crippen molar-refractivity contribution >= 4 is 21.7 Å². The van der Waals surface area contributed by atoms with Crippen LogP contribution in [0.4, 0.5) is 0 Å². The van der Waals surface area contributed by atoms with E-state index in [0.29, 0.717) is 0 Å². The van der Waals surface area contributed by atoms with E-state index in [9.17, 15) is 4.79 Å². The third-order valence-electron chi connectivity index (χ3n) is 1.86. The van der Waals surface area contributed by atoms with Gasteiger partial charge in [-0.1, -0.05) is 21.5 Å². The maximum atomic E-state index is 11.6. The standard InChI is InChI=1S/C12H13BrO/c1-8(2)6-12(14)10-4-5-11(13)9(3)7-10/h4-7H,1-3H3. The molecule has 74 valence electrons. The first-order valence-corrected chi connectivity index (χ1v) is 5.25. The molecule has 1 aromatic rings. The fraction of sp³-hybridized carbons (Fsp3) is 0.250. The number of carbonyl (C=O) groups is 1. The lowest BCUT2D eigenvalue weighted by Crippen LogP contribution is -1.95. The molecule has 1 rings (SSSR count). The van der Waals surface area contributed by atoms with Crippen molar-refractivity contribution < 1.29 is 4.79 Å². The highest BCUT2D eigenvalue weighted by Gasteiger charge is 2.03. The number of ketones is 1. The number of rotatable bonds is 2. The zero-order valence-corrected chi connectivity index (χ0v) is 10.2. The summed E-state index contributed by atoms with van der Waals surface area (Å²) < 4.78 is 1.03. The van der Waals surface area contributed by atoms with Gasteiger partial charge in [-0.15, -0.1) is 0 Å². The molecule has 0 heterocycles. The topological polar surface area (TPSA) is 17.1 Å². The van der Waals surface area contributed by atoms with Gasteiger partial charge in [-0.05, 0) is 50.6 Å². The van der Waals surface area contributed by atoms with Crippen LogP contribution in [-0.2, 0) is 0 Å². The van der Waals surface area contributed by atoms with Crippen LogP contribution in [0.25, 0.3) is 0 Å². The Labute approximate surface area is 93.0 Å². The summed E-state index contributed by atoms with van der Waals surface area (Å²) in [5.41, 5.74) is 2.85. The molecule has 0 amide bonds. The quantitative estimate of drug-likeness (QED) is 0.577. The number of carbonyl (C=O) groups excluding carboxylic acids is 1. The number of halogens is 1. The summed E-state index contributed by atoms with van der Waals surface area (Å²) in [6.07, 6.45) is 1.66. The van der Waals surface area contributed by atoms with E-state index in [4.69, 9.17) is 0 Å². The molecule has 0 aromatic heterocycles. The van der Waals surface area contributed by atoms with Gasteiger partial charge in [0.25, 0.3) is 0 Å². The van der Waals surface area contributed by atoms with Gasteiger partial charge in [0.1, 0.15) is 0 Å². The highest BCUT2D eigenvalue weighted by atomic mass is 79.9. The van der Waals surface area contributed by atoms with Crippen LogP contribution in [0.15, 0.2) is 34.3 Å². The Morgan fingerprint density at radius 1 is 1.36 bits per heavy atom. The minimum Gasteiger partial charge on any atom is -0.289 e. The molecule has 0 radical (unpaired) electrons. The Bertz CT molecular complexity index is 387. The maximum Gasteiger partial charge on any atom is 0.185 e. The SMILES string of the molecule is CC(C)=CC(=O)c1ccc(Br)c(C)c1. The Morgan fingerprint density at radius 3 is 2.50 bits per heavy atom. The van der Waals surface area contributed by atoms with Gasteiger partial charge in [0.15, 0.2) is 5.78 Å². The summed E-state index contributed by atoms with van der Waals surface area (Å²) >= 11 is 3.40. The van der Waals surface area contributed by atoms with Gasteiger partial charge in [0.2, 0.25) is 0 Å². The molecule has 0 aliphatic heterocycles. The van der Waals surface area contributed by atoms with Crippen LogP contribution in [0.2, 0.25) is 0 Å². The lowest BCUT2D eigenvalue weighted by atomic mass is 10.1. The summed E-state index contributed by atoms with van der Waals surface area (Å²) in [6, 6.07) is 5.63. The molecular weight excluding hydrogens is 240 g/mol. The summed E-state index contributed by atoms with van der Waals surface area (Å²) in [7, 11) is 0. The molecule has 1 aromatic carbocycles. The van der Waals surface area contributed by atoms with Gasteiger partial charge in [-0.2, -0.15) is 0 Å². The first-order chi connectivity index (χ1) is 6.50. The Hall–Kier alpha value is -0.890. The average Bonchev–Trinajstić information content (AvgIpc) is 2.08. The second kappa shape index (κ2) is 4.56. The molecule has 2 heteroatoms. The Kier molecular flexibility index (Phi) is 3.64. The zero-order valence-electron chi connectivity index (χ0n) is 8.60. The van der Waals surface area contributed by atoms with Crippen molar-refractivity contribution in [2.75, 3.05) is 0 Å². The van der Waals surface area contributed by atoms with Crippen molar-refractivity contribution in [3.8, 4) is 0 Å². The van der Waals surface area contributed by atoms with Gasteiger partial charge < -0.3 is 0 Å². The number of allylic oxidation sites excluding steroid dienone is 2. The number of benzene rings is 1. The van der Waals surface area contributed by atoms with E-state index in [0.717, 1.165) is 21.2 Å². The monoisotopic (exact) mass is 252 g/mol. The van der Waals surface area contributed by atoms with Crippen LogP contribution in [0, 0.1) is 6.92 Å². The van der Waals surface area contributed by atoms with Crippen LogP contribution >= 0.6 is 15.9 Å². The van der Waals surface area contributed by atoms with Crippen LogP contribution < -0.4 is 0 Å². The predicted octanol–water partition coefficient (Wildman–Crippen LogP) is 3.91. The first-order valence-electron chi connectivity index (χ1n) is 4.46. The van der Waals surface area contributed by atoms with E-state index >= 15 is 0 Å². The highest BCUT2D eigenvalue weighted by Crippen LogP contribution is 2.17. The molecule has 14 heavy (non-hydrogen) atoms. The molecule has 0 bridgehead atoms. The largest absolute Gasteiger partial charge is 0.289 e. The fourth-order valence-electron chi connectivity index (χ4n) is 1.14. The summed E-state index contributed by atoms with van der Waals surface area (Å²) in [5.74, 6) is 0.0700. The lowest BCUT2D eigenvalue weighted by molar-refractivity contribution is 0.104. The molecule has 0 atom stereocenters. The van der Waals surface area contributed by atoms with Gasteiger partial charge in [0.05, 0.1) is 0 Å². The molecule has 1 nitrogen and oxygen atoms in total. The van der Waals surface area contributed by atoms with Crippen molar-refractivity contribution in [1.29, 1.82) is 0 Å². The predicted molar refractivity (Wildman–Crippen MR) is 62.6 cm³/mol. The van der Waals surface area contributed by atoms with Crippen molar-refractivity contribution in [1.82, 2.24) is 0 Å². The molecule has 0 saturated carbocycles. The normalized spacial score (nSPS) is 9.71. The summed E-state index contributed by atoms with van der Waals surface area (Å²) in [6.45, 7) is 5.82. The zero-order chi connectivity index (χ0) is 10.7. The van der Waals surface area contributed by atoms with Crippen LogP contribution in [0.5, 0.6) is 0 Å². The fourth-order valence-corrected chi connectivity index (χ4v) is 1.39. The summed E-state index contributed by atoms with van der Waals surface area (Å²) in [5, 5.41) is 0.